The summed E-state index contributed by atoms with van der Waals surface area (Å²) in [5.74, 6) is 0.800. The van der Waals surface area contributed by atoms with Crippen LogP contribution in [0.4, 0.5) is 4.79 Å². The lowest BCUT2D eigenvalue weighted by Gasteiger charge is -2.35. The number of nitrogens with zero attached hydrogens (tertiary/aromatic N) is 3. The van der Waals surface area contributed by atoms with Crippen molar-refractivity contribution in [2.45, 2.75) is 40.2 Å². The van der Waals surface area contributed by atoms with E-state index >= 15 is 0 Å². The summed E-state index contributed by atoms with van der Waals surface area (Å²) >= 11 is 0. The van der Waals surface area contributed by atoms with Gasteiger partial charge in [0.05, 0.1) is 13.2 Å². The van der Waals surface area contributed by atoms with Gasteiger partial charge in [-0.1, -0.05) is 25.5 Å². The third kappa shape index (κ3) is 8.92. The number of hydrogen-bond acceptors (Lipinski definition) is 4. The average Bonchev–Trinajstić information content (AvgIpc) is 2.77. The first-order chi connectivity index (χ1) is 14.6. The molecular weight excluding hydrogens is 509 g/mol. The number of piperazine rings is 1. The van der Waals surface area contributed by atoms with E-state index in [0.29, 0.717) is 51.4 Å². The van der Waals surface area contributed by atoms with Crippen LogP contribution in [0.3, 0.4) is 0 Å². The SMILES string of the molecule is CCCCNC(=O)c1ccc(CN=C(NCC)N2CCN(C(=O)OCC)CC2)cc1.I. The van der Waals surface area contributed by atoms with E-state index in [2.05, 4.69) is 22.5 Å². The molecule has 174 valence electrons. The predicted octanol–water partition coefficient (Wildman–Crippen LogP) is 3.07. The van der Waals surface area contributed by atoms with Gasteiger partial charge >= 0.3 is 6.09 Å². The second-order valence-electron chi connectivity index (χ2n) is 7.15. The van der Waals surface area contributed by atoms with Crippen LogP contribution < -0.4 is 10.6 Å². The molecule has 2 amide bonds. The maximum Gasteiger partial charge on any atom is 0.409 e. The number of benzene rings is 1. The summed E-state index contributed by atoms with van der Waals surface area (Å²) in [5.41, 5.74) is 1.71. The van der Waals surface area contributed by atoms with Gasteiger partial charge in [-0.05, 0) is 38.0 Å². The Hall–Kier alpha value is -2.04. The van der Waals surface area contributed by atoms with Crippen molar-refractivity contribution in [2.24, 2.45) is 4.99 Å². The average molecular weight is 545 g/mol. The van der Waals surface area contributed by atoms with Crippen LogP contribution in [-0.2, 0) is 11.3 Å². The van der Waals surface area contributed by atoms with Crippen molar-refractivity contribution in [1.29, 1.82) is 0 Å². The number of amides is 2. The zero-order valence-corrected chi connectivity index (χ0v) is 21.2. The normalized spacial score (nSPS) is 14.0. The molecule has 1 aliphatic rings. The van der Waals surface area contributed by atoms with Crippen LogP contribution in [0.2, 0.25) is 0 Å². The molecule has 0 radical (unpaired) electrons. The fourth-order valence-electron chi connectivity index (χ4n) is 3.15. The molecule has 0 saturated carbocycles. The summed E-state index contributed by atoms with van der Waals surface area (Å²) in [4.78, 5) is 32.6. The molecule has 0 bridgehead atoms. The van der Waals surface area contributed by atoms with Gasteiger partial charge in [0.25, 0.3) is 5.91 Å². The Balaban J connectivity index is 0.00000480. The molecule has 1 aromatic rings. The monoisotopic (exact) mass is 545 g/mol. The zero-order chi connectivity index (χ0) is 21.8. The van der Waals surface area contributed by atoms with Gasteiger partial charge in [0.1, 0.15) is 0 Å². The summed E-state index contributed by atoms with van der Waals surface area (Å²) in [6, 6.07) is 7.58. The topological polar surface area (TPSA) is 86.3 Å². The van der Waals surface area contributed by atoms with Crippen LogP contribution in [0.1, 0.15) is 49.5 Å². The maximum atomic E-state index is 12.1. The van der Waals surface area contributed by atoms with Crippen molar-refractivity contribution < 1.29 is 14.3 Å². The summed E-state index contributed by atoms with van der Waals surface area (Å²) < 4.78 is 5.08. The predicted molar refractivity (Wildman–Crippen MR) is 134 cm³/mol. The molecule has 1 saturated heterocycles. The summed E-state index contributed by atoms with van der Waals surface area (Å²) in [6.45, 7) is 11.0. The molecule has 31 heavy (non-hydrogen) atoms. The smallest absolute Gasteiger partial charge is 0.409 e. The second kappa shape index (κ2) is 14.9. The lowest BCUT2D eigenvalue weighted by Crippen LogP contribution is -2.53. The summed E-state index contributed by atoms with van der Waals surface area (Å²) in [5, 5.41) is 6.26. The number of nitrogens with one attached hydrogen (secondary N) is 2. The van der Waals surface area contributed by atoms with Gasteiger partial charge in [-0.2, -0.15) is 0 Å². The van der Waals surface area contributed by atoms with Crippen LogP contribution in [-0.4, -0.2) is 73.6 Å². The fraction of sp³-hybridized carbons (Fsp3) is 0.591. The number of aliphatic imine (C=N–C) groups is 1. The van der Waals surface area contributed by atoms with Gasteiger partial charge in [-0.3, -0.25) is 4.79 Å². The Morgan fingerprint density at radius 1 is 1.00 bits per heavy atom. The number of unbranched alkanes of at least 4 members (excludes halogenated alkanes) is 1. The van der Waals surface area contributed by atoms with Gasteiger partial charge in [0.15, 0.2) is 5.96 Å². The van der Waals surface area contributed by atoms with Crippen molar-refractivity contribution >= 4 is 41.9 Å². The molecule has 0 atom stereocenters. The van der Waals surface area contributed by atoms with Gasteiger partial charge < -0.3 is 25.2 Å². The molecule has 0 spiro atoms. The Morgan fingerprint density at radius 2 is 1.65 bits per heavy atom. The van der Waals surface area contributed by atoms with Gasteiger partial charge in [0.2, 0.25) is 0 Å². The highest BCUT2D eigenvalue weighted by Gasteiger charge is 2.23. The van der Waals surface area contributed by atoms with E-state index in [9.17, 15) is 9.59 Å². The first kappa shape index (κ1) is 27.0. The highest BCUT2D eigenvalue weighted by Crippen LogP contribution is 2.08. The van der Waals surface area contributed by atoms with Crippen LogP contribution >= 0.6 is 24.0 Å². The number of guanidine groups is 1. The lowest BCUT2D eigenvalue weighted by atomic mass is 10.1. The van der Waals surface area contributed by atoms with Crippen LogP contribution in [0.5, 0.6) is 0 Å². The Morgan fingerprint density at radius 3 is 2.23 bits per heavy atom. The zero-order valence-electron chi connectivity index (χ0n) is 18.9. The Labute approximate surface area is 202 Å². The molecule has 0 unspecified atom stereocenters. The van der Waals surface area contributed by atoms with E-state index in [1.165, 1.54) is 0 Å². The first-order valence-electron chi connectivity index (χ1n) is 10.9. The molecular formula is C22H36IN5O3. The van der Waals surface area contributed by atoms with E-state index in [0.717, 1.165) is 30.9 Å². The van der Waals surface area contributed by atoms with Crippen molar-refractivity contribution in [3.8, 4) is 0 Å². The van der Waals surface area contributed by atoms with E-state index in [4.69, 9.17) is 9.73 Å². The largest absolute Gasteiger partial charge is 0.450 e. The molecule has 1 aliphatic heterocycles. The first-order valence-corrected chi connectivity index (χ1v) is 10.9. The number of hydrogen-bond donors (Lipinski definition) is 2. The standard InChI is InChI=1S/C22H35N5O3.HI/c1-4-7-12-24-20(28)19-10-8-18(9-11-19)17-25-21(23-5-2)26-13-15-27(16-14-26)22(29)30-6-3;/h8-11H,4-7,12-17H2,1-3H3,(H,23,25)(H,24,28);1H. The van der Waals surface area contributed by atoms with E-state index in [1.807, 2.05) is 38.1 Å². The highest BCUT2D eigenvalue weighted by atomic mass is 127. The second-order valence-corrected chi connectivity index (χ2v) is 7.15. The number of rotatable bonds is 8. The molecule has 1 fully saturated rings. The molecule has 2 N–H and O–H groups in total. The quantitative estimate of drug-likeness (QED) is 0.227. The minimum Gasteiger partial charge on any atom is -0.450 e. The van der Waals surface area contributed by atoms with Crippen LogP contribution in [0, 0.1) is 0 Å². The number of carbonyl (C=O) groups excluding carboxylic acids is 2. The Kier molecular flexibility index (Phi) is 13.0. The van der Waals surface area contributed by atoms with Gasteiger partial charge in [-0.15, -0.1) is 24.0 Å². The van der Waals surface area contributed by atoms with Crippen LogP contribution in [0.15, 0.2) is 29.3 Å². The van der Waals surface area contributed by atoms with Gasteiger partial charge in [-0.25, -0.2) is 9.79 Å². The van der Waals surface area contributed by atoms with E-state index in [1.54, 1.807) is 4.90 Å². The Bertz CT molecular complexity index is 704. The van der Waals surface area contributed by atoms with Crippen molar-refractivity contribution in [1.82, 2.24) is 20.4 Å². The van der Waals surface area contributed by atoms with Crippen molar-refractivity contribution in [3.05, 3.63) is 35.4 Å². The minimum atomic E-state index is -0.252. The van der Waals surface area contributed by atoms with E-state index in [-0.39, 0.29) is 36.0 Å². The number of halogens is 1. The maximum absolute atomic E-state index is 12.1. The highest BCUT2D eigenvalue weighted by molar-refractivity contribution is 14.0. The van der Waals surface area contributed by atoms with E-state index < -0.39 is 0 Å². The third-order valence-electron chi connectivity index (χ3n) is 4.88. The van der Waals surface area contributed by atoms with Crippen molar-refractivity contribution in [2.75, 3.05) is 45.9 Å². The van der Waals surface area contributed by atoms with Crippen molar-refractivity contribution in [3.63, 3.8) is 0 Å². The lowest BCUT2D eigenvalue weighted by molar-refractivity contribution is 0.0913. The fourth-order valence-corrected chi connectivity index (χ4v) is 3.15. The van der Waals surface area contributed by atoms with Crippen LogP contribution in [0.25, 0.3) is 0 Å². The summed E-state index contributed by atoms with van der Waals surface area (Å²) in [6.07, 6.45) is 1.79. The molecule has 0 aliphatic carbocycles. The molecule has 2 rings (SSSR count). The summed E-state index contributed by atoms with van der Waals surface area (Å²) in [7, 11) is 0. The van der Waals surface area contributed by atoms with Gasteiger partial charge in [0, 0.05) is 44.8 Å². The minimum absolute atomic E-state index is 0. The third-order valence-corrected chi connectivity index (χ3v) is 4.88. The number of ether oxygens (including phenoxy) is 1. The molecule has 0 aromatic heterocycles. The number of carbonyl (C=O) groups is 2. The molecule has 9 heteroatoms. The molecule has 8 nitrogen and oxygen atoms in total. The molecule has 1 heterocycles. The molecule has 1 aromatic carbocycles.